The quantitative estimate of drug-likeness (QED) is 0.315. The maximum Gasteiger partial charge on any atom is 0.257 e. The molecule has 0 atom stereocenters. The van der Waals surface area contributed by atoms with E-state index in [-0.39, 0.29) is 11.8 Å². The Morgan fingerprint density at radius 3 is 2.11 bits per heavy atom. The number of aromatic nitrogens is 1. The zero-order valence-corrected chi connectivity index (χ0v) is 19.4. The van der Waals surface area contributed by atoms with E-state index >= 15 is 0 Å². The minimum atomic E-state index is -0.221. The van der Waals surface area contributed by atoms with Crippen LogP contribution < -0.4 is 10.6 Å². The van der Waals surface area contributed by atoms with Gasteiger partial charge in [-0.05, 0) is 66.6 Å². The Labute approximate surface area is 204 Å². The zero-order chi connectivity index (χ0) is 24.6. The summed E-state index contributed by atoms with van der Waals surface area (Å²) in [6.07, 6.45) is 7.26. The van der Waals surface area contributed by atoms with Crippen LogP contribution in [0.4, 0.5) is 11.4 Å². The van der Waals surface area contributed by atoms with Gasteiger partial charge in [-0.15, -0.1) is 0 Å². The van der Waals surface area contributed by atoms with Crippen LogP contribution in [0.1, 0.15) is 38.8 Å². The summed E-state index contributed by atoms with van der Waals surface area (Å²) in [7, 11) is 0. The van der Waals surface area contributed by atoms with Gasteiger partial charge >= 0.3 is 0 Å². The average molecular weight is 460 g/mol. The Kier molecular flexibility index (Phi) is 7.28. The van der Waals surface area contributed by atoms with Crippen LogP contribution in [0, 0.1) is 0 Å². The number of para-hydroxylation sites is 1. The fourth-order valence-electron chi connectivity index (χ4n) is 3.58. The number of anilines is 2. The van der Waals surface area contributed by atoms with Gasteiger partial charge in [0.1, 0.15) is 0 Å². The van der Waals surface area contributed by atoms with E-state index in [4.69, 9.17) is 0 Å². The number of carbonyl (C=O) groups excluding carboxylic acids is 2. The minimum Gasteiger partial charge on any atom is -0.322 e. The van der Waals surface area contributed by atoms with Crippen LogP contribution in [0.2, 0.25) is 0 Å². The molecule has 0 aliphatic heterocycles. The lowest BCUT2D eigenvalue weighted by molar-refractivity contribution is 0.101. The van der Waals surface area contributed by atoms with Crippen LogP contribution in [-0.4, -0.2) is 16.8 Å². The number of amides is 2. The standard InChI is InChI=1S/C30H25N3O2/c1-3-8-24-19-27(17-15-21(24)4-2)33-29(34)23-13-11-22(12-14-23)28-18-16-25(20-31-28)30(35)32-26-9-6-5-7-10-26/h3-20H,2H2,1H3,(H,32,35)(H,33,34)/b8-3-. The number of benzene rings is 3. The van der Waals surface area contributed by atoms with Crippen molar-refractivity contribution in [3.05, 3.63) is 126 Å². The molecular weight excluding hydrogens is 434 g/mol. The lowest BCUT2D eigenvalue weighted by Gasteiger charge is -2.09. The number of hydrogen-bond donors (Lipinski definition) is 2. The van der Waals surface area contributed by atoms with Crippen LogP contribution in [0.25, 0.3) is 23.4 Å². The third-order valence-corrected chi connectivity index (χ3v) is 5.41. The molecule has 1 aromatic heterocycles. The molecule has 4 aromatic rings. The molecule has 0 saturated heterocycles. The first-order valence-corrected chi connectivity index (χ1v) is 11.2. The number of rotatable bonds is 7. The van der Waals surface area contributed by atoms with Gasteiger partial charge in [-0.25, -0.2) is 0 Å². The van der Waals surface area contributed by atoms with Gasteiger partial charge in [0.05, 0.1) is 11.3 Å². The van der Waals surface area contributed by atoms with Crippen LogP contribution in [0.5, 0.6) is 0 Å². The molecule has 2 amide bonds. The van der Waals surface area contributed by atoms with E-state index in [1.807, 2.05) is 79.7 Å². The first kappa shape index (κ1) is 23.4. The predicted molar refractivity (Wildman–Crippen MR) is 143 cm³/mol. The van der Waals surface area contributed by atoms with Crippen molar-refractivity contribution in [2.24, 2.45) is 0 Å². The number of nitrogens with one attached hydrogen (secondary N) is 2. The normalized spacial score (nSPS) is 10.7. The van der Waals surface area contributed by atoms with Crippen LogP contribution in [0.3, 0.4) is 0 Å². The number of pyridine rings is 1. The molecule has 0 unspecified atom stereocenters. The molecule has 172 valence electrons. The first-order chi connectivity index (χ1) is 17.1. The molecule has 5 heteroatoms. The molecule has 3 aromatic carbocycles. The van der Waals surface area contributed by atoms with Crippen molar-refractivity contribution in [2.45, 2.75) is 6.92 Å². The number of nitrogens with zero attached hydrogens (tertiary/aromatic N) is 1. The summed E-state index contributed by atoms with van der Waals surface area (Å²) in [5.74, 6) is -0.420. The highest BCUT2D eigenvalue weighted by molar-refractivity contribution is 6.05. The predicted octanol–water partition coefficient (Wildman–Crippen LogP) is 6.93. The molecule has 0 fully saturated rings. The highest BCUT2D eigenvalue weighted by Crippen LogP contribution is 2.21. The van der Waals surface area contributed by atoms with E-state index in [0.717, 1.165) is 22.4 Å². The van der Waals surface area contributed by atoms with Crippen molar-refractivity contribution in [2.75, 3.05) is 10.6 Å². The molecule has 5 nitrogen and oxygen atoms in total. The second-order valence-electron chi connectivity index (χ2n) is 7.83. The van der Waals surface area contributed by atoms with Gasteiger partial charge in [0.25, 0.3) is 11.8 Å². The van der Waals surface area contributed by atoms with Crippen LogP contribution >= 0.6 is 0 Å². The third kappa shape index (κ3) is 5.78. The van der Waals surface area contributed by atoms with E-state index in [1.165, 1.54) is 0 Å². The average Bonchev–Trinajstić information content (AvgIpc) is 2.90. The van der Waals surface area contributed by atoms with Crippen molar-refractivity contribution in [1.29, 1.82) is 0 Å². The lowest BCUT2D eigenvalue weighted by Crippen LogP contribution is -2.12. The molecule has 0 aliphatic carbocycles. The van der Waals surface area contributed by atoms with Gasteiger partial charge in [0.15, 0.2) is 0 Å². The van der Waals surface area contributed by atoms with E-state index in [2.05, 4.69) is 22.2 Å². The van der Waals surface area contributed by atoms with Crippen molar-refractivity contribution in [3.8, 4) is 11.3 Å². The largest absolute Gasteiger partial charge is 0.322 e. The Morgan fingerprint density at radius 2 is 1.46 bits per heavy atom. The van der Waals surface area contributed by atoms with Crippen molar-refractivity contribution >= 4 is 35.3 Å². The Hall–Kier alpha value is -4.77. The summed E-state index contributed by atoms with van der Waals surface area (Å²) in [5, 5.41) is 5.78. The second kappa shape index (κ2) is 10.9. The smallest absolute Gasteiger partial charge is 0.257 e. The van der Waals surface area contributed by atoms with Crippen molar-refractivity contribution < 1.29 is 9.59 Å². The first-order valence-electron chi connectivity index (χ1n) is 11.2. The van der Waals surface area contributed by atoms with E-state index in [1.54, 1.807) is 36.5 Å². The third-order valence-electron chi connectivity index (χ3n) is 5.41. The van der Waals surface area contributed by atoms with Gasteiger partial charge < -0.3 is 10.6 Å². The Morgan fingerprint density at radius 1 is 0.771 bits per heavy atom. The van der Waals surface area contributed by atoms with Gasteiger partial charge in [-0.3, -0.25) is 14.6 Å². The van der Waals surface area contributed by atoms with Crippen LogP contribution in [-0.2, 0) is 0 Å². The highest BCUT2D eigenvalue weighted by atomic mass is 16.2. The molecule has 1 heterocycles. The van der Waals surface area contributed by atoms with E-state index in [0.29, 0.717) is 22.5 Å². The summed E-state index contributed by atoms with van der Waals surface area (Å²) >= 11 is 0. The molecule has 2 N–H and O–H groups in total. The maximum atomic E-state index is 12.7. The summed E-state index contributed by atoms with van der Waals surface area (Å²) in [6, 6.07) is 25.7. The van der Waals surface area contributed by atoms with Crippen molar-refractivity contribution in [1.82, 2.24) is 4.98 Å². The zero-order valence-electron chi connectivity index (χ0n) is 19.4. The maximum absolute atomic E-state index is 12.7. The van der Waals surface area contributed by atoms with E-state index < -0.39 is 0 Å². The van der Waals surface area contributed by atoms with Gasteiger partial charge in [0.2, 0.25) is 0 Å². The Bertz CT molecular complexity index is 1370. The summed E-state index contributed by atoms with van der Waals surface area (Å²) in [5.41, 5.74) is 5.99. The lowest BCUT2D eigenvalue weighted by atomic mass is 10.1. The topological polar surface area (TPSA) is 71.1 Å². The van der Waals surface area contributed by atoms with E-state index in [9.17, 15) is 9.59 Å². The summed E-state index contributed by atoms with van der Waals surface area (Å²) < 4.78 is 0. The molecule has 35 heavy (non-hydrogen) atoms. The molecular formula is C30H25N3O2. The van der Waals surface area contributed by atoms with Gasteiger partial charge in [-0.2, -0.15) is 0 Å². The monoisotopic (exact) mass is 459 g/mol. The van der Waals surface area contributed by atoms with Gasteiger partial charge in [0, 0.05) is 28.7 Å². The number of allylic oxidation sites excluding steroid dienone is 1. The summed E-state index contributed by atoms with van der Waals surface area (Å²) in [6.45, 7) is 5.78. The molecule has 0 radical (unpaired) electrons. The van der Waals surface area contributed by atoms with Crippen LogP contribution in [0.15, 0.2) is 104 Å². The molecule has 4 rings (SSSR count). The number of hydrogen-bond acceptors (Lipinski definition) is 3. The van der Waals surface area contributed by atoms with Crippen molar-refractivity contribution in [3.63, 3.8) is 0 Å². The highest BCUT2D eigenvalue weighted by Gasteiger charge is 2.10. The molecule has 0 saturated carbocycles. The SMILES string of the molecule is C=Cc1ccc(NC(=O)c2ccc(-c3ccc(C(=O)Nc4ccccc4)cn3)cc2)cc1/C=C\C. The van der Waals surface area contributed by atoms with Gasteiger partial charge in [-0.1, -0.05) is 61.2 Å². The Balaban J connectivity index is 1.43. The molecule has 0 bridgehead atoms. The number of carbonyl (C=O) groups is 2. The second-order valence-corrected chi connectivity index (χ2v) is 7.83. The fourth-order valence-corrected chi connectivity index (χ4v) is 3.58. The molecule has 0 spiro atoms. The summed E-state index contributed by atoms with van der Waals surface area (Å²) in [4.78, 5) is 29.6. The molecule has 0 aliphatic rings. The fraction of sp³-hybridized carbons (Fsp3) is 0.0333. The minimum absolute atomic E-state index is 0.199.